The van der Waals surface area contributed by atoms with E-state index in [0.717, 1.165) is 17.1 Å². The summed E-state index contributed by atoms with van der Waals surface area (Å²) >= 11 is 1.93. The number of hydrogen-bond donors (Lipinski definition) is 0. The van der Waals surface area contributed by atoms with Crippen LogP contribution in [0.3, 0.4) is 0 Å². The third kappa shape index (κ3) is 5.57. The Balaban J connectivity index is 1.17. The molecule has 1 spiro atoms. The molecule has 0 unspecified atom stereocenters. The smallest absolute Gasteiger partial charge is 0.0736 e. The predicted octanol–water partition coefficient (Wildman–Crippen LogP) is 16.1. The van der Waals surface area contributed by atoms with E-state index in [1.807, 2.05) is 11.8 Å². The van der Waals surface area contributed by atoms with Gasteiger partial charge in [0.1, 0.15) is 0 Å². The zero-order chi connectivity index (χ0) is 40.3. The molecule has 10 aromatic rings. The Bertz CT molecular complexity index is 3220. The van der Waals surface area contributed by atoms with Gasteiger partial charge in [0.15, 0.2) is 0 Å². The molecule has 0 bridgehead atoms. The van der Waals surface area contributed by atoms with E-state index in [1.54, 1.807) is 0 Å². The van der Waals surface area contributed by atoms with Crippen molar-refractivity contribution in [1.82, 2.24) is 0 Å². The van der Waals surface area contributed by atoms with Crippen LogP contribution in [0.2, 0.25) is 0 Å². The fraction of sp³-hybridized carbons (Fsp3) is 0.0169. The van der Waals surface area contributed by atoms with Crippen molar-refractivity contribution in [3.05, 3.63) is 259 Å². The highest BCUT2D eigenvalue weighted by atomic mass is 32.2. The molecular formula is C59H39NS. The van der Waals surface area contributed by atoms with Crippen LogP contribution in [0.15, 0.2) is 246 Å². The van der Waals surface area contributed by atoms with E-state index in [9.17, 15) is 0 Å². The highest BCUT2D eigenvalue weighted by molar-refractivity contribution is 8.00. The molecule has 2 heteroatoms. The Morgan fingerprint density at radius 1 is 0.311 bits per heavy atom. The average molecular weight is 794 g/mol. The number of nitrogens with zero attached hydrogens (tertiary/aromatic N) is 1. The van der Waals surface area contributed by atoms with E-state index in [4.69, 9.17) is 0 Å². The van der Waals surface area contributed by atoms with Gasteiger partial charge in [0, 0.05) is 21.0 Å². The zero-order valence-corrected chi connectivity index (χ0v) is 34.2. The van der Waals surface area contributed by atoms with Crippen LogP contribution in [0, 0.1) is 0 Å². The Morgan fingerprint density at radius 2 is 0.836 bits per heavy atom. The minimum absolute atomic E-state index is 0.522. The molecule has 0 fully saturated rings. The zero-order valence-electron chi connectivity index (χ0n) is 33.4. The number of hydrogen-bond acceptors (Lipinski definition) is 2. The molecule has 1 nitrogen and oxygen atoms in total. The van der Waals surface area contributed by atoms with Crippen LogP contribution in [0.1, 0.15) is 22.3 Å². The number of anilines is 3. The van der Waals surface area contributed by atoms with E-state index in [1.165, 1.54) is 87.3 Å². The highest BCUT2D eigenvalue weighted by Gasteiger charge is 2.51. The van der Waals surface area contributed by atoms with Crippen LogP contribution in [-0.4, -0.2) is 0 Å². The van der Waals surface area contributed by atoms with E-state index in [0.29, 0.717) is 0 Å². The first kappa shape index (κ1) is 35.5. The second-order valence-electron chi connectivity index (χ2n) is 16.0. The maximum Gasteiger partial charge on any atom is 0.0736 e. The number of fused-ring (bicyclic) bond motifs is 11. The van der Waals surface area contributed by atoms with Crippen LogP contribution < -0.4 is 4.90 Å². The van der Waals surface area contributed by atoms with Crippen LogP contribution in [0.25, 0.3) is 55.3 Å². The second kappa shape index (κ2) is 14.4. The van der Waals surface area contributed by atoms with Gasteiger partial charge < -0.3 is 4.90 Å². The van der Waals surface area contributed by atoms with Crippen molar-refractivity contribution in [2.75, 3.05) is 4.90 Å². The van der Waals surface area contributed by atoms with Crippen LogP contribution >= 0.6 is 11.8 Å². The molecule has 0 atom stereocenters. The standard InChI is InChI=1S/C59H39NS/c1-4-17-40(18-5-1)42-31-35-46(36-32-42)60(55-38-34-45(41-19-6-2-7-20-41)39-50(55)43-21-8-3-9-22-43)56-30-16-29-53-58(56)61-57-47-24-11-10-23-44(47)33-37-54(57)59(53)51-27-14-12-25-48(51)49-26-13-15-28-52(49)59/h1-39H. The van der Waals surface area contributed by atoms with Crippen molar-refractivity contribution >= 4 is 39.6 Å². The van der Waals surface area contributed by atoms with Gasteiger partial charge in [-0.3, -0.25) is 0 Å². The molecular weight excluding hydrogens is 755 g/mol. The van der Waals surface area contributed by atoms with Gasteiger partial charge in [0.25, 0.3) is 0 Å². The molecule has 61 heavy (non-hydrogen) atoms. The third-order valence-electron chi connectivity index (χ3n) is 12.7. The highest BCUT2D eigenvalue weighted by Crippen LogP contribution is 2.65. The first-order valence-corrected chi connectivity index (χ1v) is 21.8. The molecule has 2 aliphatic rings. The maximum atomic E-state index is 2.52. The Labute approximate surface area is 361 Å². The summed E-state index contributed by atoms with van der Waals surface area (Å²) in [5.74, 6) is 0. The molecule has 10 aromatic carbocycles. The summed E-state index contributed by atoms with van der Waals surface area (Å²) in [7, 11) is 0. The lowest BCUT2D eigenvalue weighted by atomic mass is 9.67. The van der Waals surface area contributed by atoms with Crippen molar-refractivity contribution in [1.29, 1.82) is 0 Å². The summed E-state index contributed by atoms with van der Waals surface area (Å²) in [6.07, 6.45) is 0. The van der Waals surface area contributed by atoms with Crippen molar-refractivity contribution < 1.29 is 0 Å². The molecule has 0 saturated carbocycles. The summed E-state index contributed by atoms with van der Waals surface area (Å²) in [5.41, 5.74) is 17.9. The van der Waals surface area contributed by atoms with E-state index in [-0.39, 0.29) is 0 Å². The molecule has 0 saturated heterocycles. The van der Waals surface area contributed by atoms with E-state index in [2.05, 4.69) is 241 Å². The Morgan fingerprint density at radius 3 is 1.52 bits per heavy atom. The molecule has 0 amide bonds. The molecule has 1 aliphatic carbocycles. The summed E-state index contributed by atoms with van der Waals surface area (Å²) in [6, 6.07) is 87.3. The largest absolute Gasteiger partial charge is 0.309 e. The van der Waals surface area contributed by atoms with Crippen LogP contribution in [0.4, 0.5) is 17.1 Å². The van der Waals surface area contributed by atoms with E-state index >= 15 is 0 Å². The van der Waals surface area contributed by atoms with Gasteiger partial charge in [-0.15, -0.1) is 0 Å². The summed E-state index contributed by atoms with van der Waals surface area (Å²) in [5, 5.41) is 2.53. The lowest BCUT2D eigenvalue weighted by Gasteiger charge is -2.42. The third-order valence-corrected chi connectivity index (χ3v) is 14.0. The summed E-state index contributed by atoms with van der Waals surface area (Å²) in [4.78, 5) is 5.09. The lowest BCUT2D eigenvalue weighted by molar-refractivity contribution is 0.725. The predicted molar refractivity (Wildman–Crippen MR) is 256 cm³/mol. The van der Waals surface area contributed by atoms with Gasteiger partial charge in [0.2, 0.25) is 0 Å². The second-order valence-corrected chi connectivity index (χ2v) is 17.0. The molecule has 0 aromatic heterocycles. The molecule has 1 heterocycles. The molecule has 286 valence electrons. The fourth-order valence-corrected chi connectivity index (χ4v) is 11.5. The van der Waals surface area contributed by atoms with Crippen molar-refractivity contribution in [3.63, 3.8) is 0 Å². The number of benzene rings is 10. The molecule has 0 radical (unpaired) electrons. The average Bonchev–Trinajstić information content (AvgIpc) is 3.63. The van der Waals surface area contributed by atoms with Gasteiger partial charge in [-0.2, -0.15) is 0 Å². The van der Waals surface area contributed by atoms with Gasteiger partial charge in [-0.25, -0.2) is 0 Å². The molecule has 12 rings (SSSR count). The van der Waals surface area contributed by atoms with Crippen molar-refractivity contribution in [3.8, 4) is 44.5 Å². The Kier molecular flexibility index (Phi) is 8.40. The van der Waals surface area contributed by atoms with Crippen LogP contribution in [-0.2, 0) is 5.41 Å². The monoisotopic (exact) mass is 793 g/mol. The quantitative estimate of drug-likeness (QED) is 0.165. The van der Waals surface area contributed by atoms with E-state index < -0.39 is 5.41 Å². The fourth-order valence-electron chi connectivity index (χ4n) is 10.0. The first-order valence-electron chi connectivity index (χ1n) is 21.0. The van der Waals surface area contributed by atoms with Gasteiger partial charge >= 0.3 is 0 Å². The molecule has 0 N–H and O–H groups in total. The van der Waals surface area contributed by atoms with Crippen molar-refractivity contribution in [2.45, 2.75) is 15.2 Å². The van der Waals surface area contributed by atoms with Gasteiger partial charge in [-0.05, 0) is 102 Å². The maximum absolute atomic E-state index is 2.52. The lowest BCUT2D eigenvalue weighted by Crippen LogP contribution is -2.32. The first-order chi connectivity index (χ1) is 30.3. The van der Waals surface area contributed by atoms with Gasteiger partial charge in [-0.1, -0.05) is 218 Å². The molecule has 1 aliphatic heterocycles. The number of rotatable bonds is 6. The summed E-state index contributed by atoms with van der Waals surface area (Å²) in [6.45, 7) is 0. The Hall–Kier alpha value is -7.39. The van der Waals surface area contributed by atoms with Gasteiger partial charge in [0.05, 0.1) is 16.8 Å². The SMILES string of the molecule is c1ccc(-c2ccc(N(c3ccc(-c4ccccc4)cc3-c3ccccc3)c3cccc4c3Sc3c(ccc5ccccc35)C43c4ccccc4-c4ccccc43)cc2)cc1. The van der Waals surface area contributed by atoms with Crippen molar-refractivity contribution in [2.24, 2.45) is 0 Å². The minimum atomic E-state index is -0.522. The topological polar surface area (TPSA) is 3.24 Å². The normalized spacial score (nSPS) is 13.0. The van der Waals surface area contributed by atoms with Crippen LogP contribution in [0.5, 0.6) is 0 Å². The summed E-state index contributed by atoms with van der Waals surface area (Å²) < 4.78 is 0. The minimum Gasteiger partial charge on any atom is -0.309 e.